The zero-order valence-electron chi connectivity index (χ0n) is 15.6. The molecule has 3 N–H and O–H groups in total. The number of primary amides is 1. The van der Waals surface area contributed by atoms with E-state index < -0.39 is 17.7 Å². The molecule has 1 aliphatic rings. The van der Waals surface area contributed by atoms with Crippen LogP contribution in [0, 0.1) is 22.7 Å². The SMILES string of the molecule is N#CCCN(CCC#N)c1ccc(N=C2C(C(N)=O)=Nn3nc(C(=O)O)nc32)cc1. The third-order valence-corrected chi connectivity index (χ3v) is 4.09. The van der Waals surface area contributed by atoms with Crippen LogP contribution in [0.5, 0.6) is 0 Å². The molecule has 2 aromatic rings. The van der Waals surface area contributed by atoms with Gasteiger partial charge < -0.3 is 15.7 Å². The van der Waals surface area contributed by atoms with Crippen LogP contribution < -0.4 is 10.6 Å². The Morgan fingerprint density at radius 1 is 1.17 bits per heavy atom. The topological polar surface area (TPSA) is 187 Å². The molecule has 0 aliphatic carbocycles. The summed E-state index contributed by atoms with van der Waals surface area (Å²) in [6.45, 7) is 0.956. The number of carbonyl (C=O) groups excluding carboxylic acids is 1. The number of rotatable bonds is 8. The normalized spacial score (nSPS) is 13.3. The van der Waals surface area contributed by atoms with E-state index in [-0.39, 0.29) is 17.2 Å². The number of carboxylic acid groups (broad SMARTS) is 1. The zero-order chi connectivity index (χ0) is 21.7. The largest absolute Gasteiger partial charge is 0.475 e. The molecule has 3 rings (SSSR count). The van der Waals surface area contributed by atoms with E-state index in [0.717, 1.165) is 10.5 Å². The number of nitrogens with two attached hydrogens (primary N) is 1. The van der Waals surface area contributed by atoms with E-state index in [2.05, 4.69) is 32.3 Å². The van der Waals surface area contributed by atoms with Crippen molar-refractivity contribution < 1.29 is 14.7 Å². The third kappa shape index (κ3) is 4.13. The van der Waals surface area contributed by atoms with Gasteiger partial charge in [0, 0.05) is 18.8 Å². The van der Waals surface area contributed by atoms with Gasteiger partial charge in [0.1, 0.15) is 5.71 Å². The van der Waals surface area contributed by atoms with Crippen LogP contribution >= 0.6 is 0 Å². The lowest BCUT2D eigenvalue weighted by Gasteiger charge is -2.22. The maximum atomic E-state index is 11.7. The Hall–Kier alpha value is -4.58. The minimum Gasteiger partial charge on any atom is -0.475 e. The molecule has 150 valence electrons. The number of amides is 1. The number of carboxylic acids is 1. The summed E-state index contributed by atoms with van der Waals surface area (Å²) in [7, 11) is 0. The van der Waals surface area contributed by atoms with E-state index >= 15 is 0 Å². The van der Waals surface area contributed by atoms with Crippen molar-refractivity contribution in [2.45, 2.75) is 12.8 Å². The molecule has 12 heteroatoms. The van der Waals surface area contributed by atoms with E-state index in [1.165, 1.54) is 0 Å². The third-order valence-electron chi connectivity index (χ3n) is 4.09. The summed E-state index contributed by atoms with van der Waals surface area (Å²) in [5, 5.41) is 34.2. The molecule has 1 aromatic heterocycles. The van der Waals surface area contributed by atoms with Crippen LogP contribution in [0.3, 0.4) is 0 Å². The first-order valence-corrected chi connectivity index (χ1v) is 8.72. The van der Waals surface area contributed by atoms with Crippen molar-refractivity contribution in [2.75, 3.05) is 18.0 Å². The lowest BCUT2D eigenvalue weighted by atomic mass is 10.2. The van der Waals surface area contributed by atoms with Gasteiger partial charge >= 0.3 is 5.97 Å². The molecule has 30 heavy (non-hydrogen) atoms. The van der Waals surface area contributed by atoms with Crippen molar-refractivity contribution in [1.82, 2.24) is 14.9 Å². The Morgan fingerprint density at radius 2 is 1.80 bits per heavy atom. The number of aromatic nitrogens is 3. The molecular formula is C18H15N9O3. The Kier molecular flexibility index (Phi) is 5.79. The van der Waals surface area contributed by atoms with E-state index in [1.807, 2.05) is 4.90 Å². The van der Waals surface area contributed by atoms with Gasteiger partial charge in [-0.25, -0.2) is 9.79 Å². The van der Waals surface area contributed by atoms with Crippen LogP contribution in [0.2, 0.25) is 0 Å². The molecule has 0 spiro atoms. The molecule has 0 saturated heterocycles. The quantitative estimate of drug-likeness (QED) is 0.632. The fourth-order valence-corrected chi connectivity index (χ4v) is 2.74. The number of aromatic carboxylic acids is 1. The van der Waals surface area contributed by atoms with Gasteiger partial charge in [-0.2, -0.15) is 15.5 Å². The first-order chi connectivity index (χ1) is 14.4. The van der Waals surface area contributed by atoms with Gasteiger partial charge in [0.25, 0.3) is 11.7 Å². The molecule has 2 heterocycles. The average Bonchev–Trinajstić information content (AvgIpc) is 3.28. The lowest BCUT2D eigenvalue weighted by molar-refractivity contribution is -0.111. The summed E-state index contributed by atoms with van der Waals surface area (Å²) in [4.78, 5) is 33.8. The van der Waals surface area contributed by atoms with Gasteiger partial charge in [0.05, 0.1) is 30.7 Å². The van der Waals surface area contributed by atoms with Crippen molar-refractivity contribution in [3.05, 3.63) is 35.9 Å². The van der Waals surface area contributed by atoms with Crippen molar-refractivity contribution in [3.63, 3.8) is 0 Å². The number of benzene rings is 1. The highest BCUT2D eigenvalue weighted by Crippen LogP contribution is 2.22. The number of hydrogen-bond donors (Lipinski definition) is 2. The fraction of sp³-hybridized carbons (Fsp3) is 0.222. The molecule has 0 atom stereocenters. The van der Waals surface area contributed by atoms with Crippen LogP contribution in [-0.4, -0.2) is 56.4 Å². The monoisotopic (exact) mass is 405 g/mol. The van der Waals surface area contributed by atoms with Crippen LogP contribution in [0.15, 0.2) is 34.4 Å². The van der Waals surface area contributed by atoms with Crippen LogP contribution in [0.4, 0.5) is 11.4 Å². The highest BCUT2D eigenvalue weighted by molar-refractivity contribution is 6.70. The first kappa shape index (κ1) is 20.2. The number of carbonyl (C=O) groups is 2. The van der Waals surface area contributed by atoms with Gasteiger partial charge in [0.15, 0.2) is 5.71 Å². The van der Waals surface area contributed by atoms with E-state index in [0.29, 0.717) is 31.6 Å². The summed E-state index contributed by atoms with van der Waals surface area (Å²) in [5.41, 5.74) is 6.41. The summed E-state index contributed by atoms with van der Waals surface area (Å²) in [5.74, 6) is -2.68. The number of nitriles is 2. The molecule has 1 aromatic carbocycles. The second-order valence-corrected chi connectivity index (χ2v) is 6.05. The van der Waals surface area contributed by atoms with Crippen molar-refractivity contribution >= 4 is 34.7 Å². The van der Waals surface area contributed by atoms with Crippen LogP contribution in [0.25, 0.3) is 0 Å². The minimum atomic E-state index is -1.34. The van der Waals surface area contributed by atoms with Gasteiger partial charge in [-0.1, -0.05) is 0 Å². The maximum absolute atomic E-state index is 11.7. The average molecular weight is 405 g/mol. The minimum absolute atomic E-state index is 0.00468. The predicted molar refractivity (Wildman–Crippen MR) is 104 cm³/mol. The standard InChI is InChI=1S/C18H15N9O3/c19-7-1-9-26(10-2-8-20)12-5-3-11(4-6-12)22-14-13(15(21)28)24-27-17(14)23-16(25-27)18(29)30/h3-6H,1-2,9-10H2,(H2,21,28)(H,29,30). The Balaban J connectivity index is 1.92. The molecule has 0 bridgehead atoms. The van der Waals surface area contributed by atoms with Crippen molar-refractivity contribution in [2.24, 2.45) is 15.8 Å². The highest BCUT2D eigenvalue weighted by Gasteiger charge is 2.32. The van der Waals surface area contributed by atoms with Crippen molar-refractivity contribution in [1.29, 1.82) is 10.5 Å². The van der Waals surface area contributed by atoms with E-state index in [1.54, 1.807) is 24.3 Å². The maximum Gasteiger partial charge on any atom is 0.375 e. The summed E-state index contributed by atoms with van der Waals surface area (Å²) >= 11 is 0. The number of anilines is 1. The first-order valence-electron chi connectivity index (χ1n) is 8.72. The Morgan fingerprint density at radius 3 is 2.33 bits per heavy atom. The van der Waals surface area contributed by atoms with E-state index in [4.69, 9.17) is 21.4 Å². The molecule has 0 unspecified atom stereocenters. The fourth-order valence-electron chi connectivity index (χ4n) is 2.74. The van der Waals surface area contributed by atoms with Gasteiger partial charge in [-0.05, 0) is 24.3 Å². The number of fused-ring (bicyclic) bond motifs is 1. The van der Waals surface area contributed by atoms with E-state index in [9.17, 15) is 9.59 Å². The summed E-state index contributed by atoms with van der Waals surface area (Å²) < 4.78 is 0. The molecule has 12 nitrogen and oxygen atoms in total. The van der Waals surface area contributed by atoms with Crippen LogP contribution in [0.1, 0.15) is 29.3 Å². The van der Waals surface area contributed by atoms with Crippen molar-refractivity contribution in [3.8, 4) is 12.1 Å². The lowest BCUT2D eigenvalue weighted by Crippen LogP contribution is -2.29. The smallest absolute Gasteiger partial charge is 0.375 e. The number of hydrogen-bond acceptors (Lipinski definition) is 9. The highest BCUT2D eigenvalue weighted by atomic mass is 16.4. The molecule has 0 saturated carbocycles. The molecule has 1 aliphatic heterocycles. The molecular weight excluding hydrogens is 390 g/mol. The number of aliphatic imine (C=N–C) groups is 1. The zero-order valence-corrected chi connectivity index (χ0v) is 15.6. The number of nitrogens with zero attached hydrogens (tertiary/aromatic N) is 8. The second-order valence-electron chi connectivity index (χ2n) is 6.05. The Labute approximate surface area is 170 Å². The molecule has 0 radical (unpaired) electrons. The predicted octanol–water partition coefficient (Wildman–Crippen LogP) is 0.434. The molecule has 1 amide bonds. The molecule has 0 fully saturated rings. The van der Waals surface area contributed by atoms with Gasteiger partial charge in [-0.3, -0.25) is 4.79 Å². The van der Waals surface area contributed by atoms with Gasteiger partial charge in [-0.15, -0.1) is 15.0 Å². The Bertz CT molecular complexity index is 1120. The van der Waals surface area contributed by atoms with Crippen LogP contribution in [-0.2, 0) is 4.79 Å². The summed E-state index contributed by atoms with van der Waals surface area (Å²) in [6, 6.07) is 11.0. The second kappa shape index (κ2) is 8.62. The summed E-state index contributed by atoms with van der Waals surface area (Å²) in [6.07, 6.45) is 0.630. The van der Waals surface area contributed by atoms with Gasteiger partial charge in [0.2, 0.25) is 5.82 Å².